The quantitative estimate of drug-likeness (QED) is 0.661. The summed E-state index contributed by atoms with van der Waals surface area (Å²) < 4.78 is 0. The van der Waals surface area contributed by atoms with Crippen LogP contribution in [0.2, 0.25) is 0 Å². The Morgan fingerprint density at radius 3 is 2.08 bits per heavy atom. The minimum atomic E-state index is -1.05. The maximum atomic E-state index is 11.1. The lowest BCUT2D eigenvalue weighted by molar-refractivity contribution is 0.0691. The molecule has 24 heavy (non-hydrogen) atoms. The van der Waals surface area contributed by atoms with Crippen LogP contribution in [0.4, 0.5) is 10.8 Å². The molecule has 7 heteroatoms. The molecule has 0 bridgehead atoms. The van der Waals surface area contributed by atoms with Gasteiger partial charge < -0.3 is 16.2 Å². The first kappa shape index (κ1) is 15.7. The smallest absolute Gasteiger partial charge is 0.355 e. The van der Waals surface area contributed by atoms with Crippen LogP contribution in [0.1, 0.15) is 20.8 Å². The van der Waals surface area contributed by atoms with Gasteiger partial charge in [-0.15, -0.1) is 11.3 Å². The van der Waals surface area contributed by atoms with E-state index in [1.807, 2.05) is 36.4 Å². The second kappa shape index (κ2) is 6.51. The zero-order valence-electron chi connectivity index (χ0n) is 12.4. The van der Waals surface area contributed by atoms with E-state index in [2.05, 4.69) is 10.3 Å². The number of hydrogen-bond acceptors (Lipinski definition) is 5. The van der Waals surface area contributed by atoms with E-state index in [0.717, 1.165) is 16.8 Å². The Hall–Kier alpha value is -3.19. The first-order valence-corrected chi connectivity index (χ1v) is 7.87. The zero-order chi connectivity index (χ0) is 17.1. The van der Waals surface area contributed by atoms with E-state index in [1.165, 1.54) is 16.7 Å². The molecular weight excluding hydrogens is 326 g/mol. The number of benzene rings is 2. The number of amides is 1. The number of nitrogens with zero attached hydrogens (tertiary/aromatic N) is 1. The number of carboxylic acid groups (broad SMARTS) is 1. The number of carbonyl (C=O) groups excluding carboxylic acids is 1. The Morgan fingerprint density at radius 1 is 1.00 bits per heavy atom. The van der Waals surface area contributed by atoms with Gasteiger partial charge in [0.05, 0.1) is 0 Å². The second-order valence-corrected chi connectivity index (χ2v) is 5.85. The molecule has 0 aliphatic rings. The van der Waals surface area contributed by atoms with E-state index >= 15 is 0 Å². The summed E-state index contributed by atoms with van der Waals surface area (Å²) in [6.07, 6.45) is 0. The highest BCUT2D eigenvalue weighted by Gasteiger charge is 2.08. The molecule has 0 saturated carbocycles. The van der Waals surface area contributed by atoms with Gasteiger partial charge in [0.2, 0.25) is 5.91 Å². The maximum absolute atomic E-state index is 11.1. The van der Waals surface area contributed by atoms with Crippen molar-refractivity contribution in [1.29, 1.82) is 0 Å². The predicted molar refractivity (Wildman–Crippen MR) is 92.8 cm³/mol. The highest BCUT2D eigenvalue weighted by molar-refractivity contribution is 7.14. The van der Waals surface area contributed by atoms with Crippen molar-refractivity contribution in [2.45, 2.75) is 0 Å². The predicted octanol–water partition coefficient (Wildman–Crippen LogP) is 3.35. The minimum absolute atomic E-state index is 0.0219. The standard InChI is InChI=1S/C17H13N3O3S/c18-15(21)12-3-1-10(2-4-12)11-5-7-13(8-6-11)19-17-20-14(9-24-17)16(22)23/h1-9H,(H2,18,21)(H,19,20)(H,22,23). The van der Waals surface area contributed by atoms with Crippen molar-refractivity contribution < 1.29 is 14.7 Å². The molecule has 0 fully saturated rings. The summed E-state index contributed by atoms with van der Waals surface area (Å²) in [5, 5.41) is 13.9. The number of rotatable bonds is 5. The molecule has 1 amide bonds. The summed E-state index contributed by atoms with van der Waals surface area (Å²) in [5.74, 6) is -1.50. The first-order chi connectivity index (χ1) is 11.5. The summed E-state index contributed by atoms with van der Waals surface area (Å²) in [7, 11) is 0. The fraction of sp³-hybridized carbons (Fsp3) is 0. The third-order valence-electron chi connectivity index (χ3n) is 3.36. The van der Waals surface area contributed by atoms with E-state index in [9.17, 15) is 9.59 Å². The molecule has 0 saturated heterocycles. The van der Waals surface area contributed by atoms with Gasteiger partial charge in [-0.3, -0.25) is 4.79 Å². The number of nitrogens with one attached hydrogen (secondary N) is 1. The first-order valence-electron chi connectivity index (χ1n) is 6.99. The minimum Gasteiger partial charge on any atom is -0.476 e. The van der Waals surface area contributed by atoms with Crippen LogP contribution in [0.15, 0.2) is 53.9 Å². The van der Waals surface area contributed by atoms with Crippen molar-refractivity contribution in [1.82, 2.24) is 4.98 Å². The average molecular weight is 339 g/mol. The Kier molecular flexibility index (Phi) is 4.26. The van der Waals surface area contributed by atoms with Gasteiger partial charge in [-0.1, -0.05) is 24.3 Å². The van der Waals surface area contributed by atoms with Crippen molar-refractivity contribution in [3.05, 3.63) is 65.2 Å². The molecule has 0 unspecified atom stereocenters. The number of nitrogens with two attached hydrogens (primary N) is 1. The van der Waals surface area contributed by atoms with Crippen LogP contribution < -0.4 is 11.1 Å². The van der Waals surface area contributed by atoms with Crippen molar-refractivity contribution in [3.8, 4) is 11.1 Å². The largest absolute Gasteiger partial charge is 0.476 e. The summed E-state index contributed by atoms with van der Waals surface area (Å²) in [5.41, 5.74) is 8.48. The summed E-state index contributed by atoms with van der Waals surface area (Å²) in [4.78, 5) is 25.9. The third-order valence-corrected chi connectivity index (χ3v) is 4.12. The Balaban J connectivity index is 1.74. The molecule has 0 radical (unpaired) electrons. The molecule has 0 aliphatic heterocycles. The van der Waals surface area contributed by atoms with Gasteiger partial charge >= 0.3 is 5.97 Å². The maximum Gasteiger partial charge on any atom is 0.355 e. The molecule has 6 nitrogen and oxygen atoms in total. The molecular formula is C17H13N3O3S. The number of aromatic nitrogens is 1. The van der Waals surface area contributed by atoms with E-state index in [-0.39, 0.29) is 5.69 Å². The zero-order valence-corrected chi connectivity index (χ0v) is 13.2. The molecule has 120 valence electrons. The van der Waals surface area contributed by atoms with E-state index < -0.39 is 11.9 Å². The molecule has 3 aromatic rings. The molecule has 0 spiro atoms. The van der Waals surface area contributed by atoms with Crippen LogP contribution in [0, 0.1) is 0 Å². The van der Waals surface area contributed by atoms with Crippen LogP contribution >= 0.6 is 11.3 Å². The van der Waals surface area contributed by atoms with Crippen molar-refractivity contribution in [3.63, 3.8) is 0 Å². The highest BCUT2D eigenvalue weighted by atomic mass is 32.1. The lowest BCUT2D eigenvalue weighted by Crippen LogP contribution is -2.10. The van der Waals surface area contributed by atoms with Crippen LogP contribution in [-0.4, -0.2) is 22.0 Å². The van der Waals surface area contributed by atoms with Gasteiger partial charge in [0.1, 0.15) is 0 Å². The average Bonchev–Trinajstić information content (AvgIpc) is 3.04. The number of carboxylic acids is 1. The molecule has 3 rings (SSSR count). The Bertz CT molecular complexity index is 886. The lowest BCUT2D eigenvalue weighted by atomic mass is 10.0. The van der Waals surface area contributed by atoms with Gasteiger partial charge in [0.25, 0.3) is 0 Å². The lowest BCUT2D eigenvalue weighted by Gasteiger charge is -2.06. The summed E-state index contributed by atoms with van der Waals surface area (Å²) in [6.45, 7) is 0. The molecule has 0 aliphatic carbocycles. The summed E-state index contributed by atoms with van der Waals surface area (Å²) in [6, 6.07) is 14.6. The molecule has 1 heterocycles. The van der Waals surface area contributed by atoms with Crippen molar-refractivity contribution in [2.24, 2.45) is 5.73 Å². The highest BCUT2D eigenvalue weighted by Crippen LogP contribution is 2.25. The fourth-order valence-electron chi connectivity index (χ4n) is 2.13. The molecule has 2 aromatic carbocycles. The summed E-state index contributed by atoms with van der Waals surface area (Å²) >= 11 is 1.23. The van der Waals surface area contributed by atoms with Crippen LogP contribution in [0.25, 0.3) is 11.1 Å². The fourth-order valence-corrected chi connectivity index (χ4v) is 2.83. The number of aromatic carboxylic acids is 1. The van der Waals surface area contributed by atoms with Gasteiger partial charge in [-0.2, -0.15) is 0 Å². The third kappa shape index (κ3) is 3.41. The van der Waals surface area contributed by atoms with Gasteiger partial charge in [0, 0.05) is 16.6 Å². The second-order valence-electron chi connectivity index (χ2n) is 4.99. The van der Waals surface area contributed by atoms with E-state index in [4.69, 9.17) is 10.8 Å². The van der Waals surface area contributed by atoms with E-state index in [0.29, 0.717) is 10.7 Å². The number of carbonyl (C=O) groups is 2. The van der Waals surface area contributed by atoms with Crippen LogP contribution in [-0.2, 0) is 0 Å². The molecule has 0 atom stereocenters. The monoisotopic (exact) mass is 339 g/mol. The van der Waals surface area contributed by atoms with Gasteiger partial charge in [-0.25, -0.2) is 9.78 Å². The van der Waals surface area contributed by atoms with Gasteiger partial charge in [-0.05, 0) is 35.4 Å². The van der Waals surface area contributed by atoms with Crippen LogP contribution in [0.5, 0.6) is 0 Å². The number of primary amides is 1. The Morgan fingerprint density at radius 2 is 1.58 bits per heavy atom. The number of hydrogen-bond donors (Lipinski definition) is 3. The topological polar surface area (TPSA) is 105 Å². The van der Waals surface area contributed by atoms with E-state index in [1.54, 1.807) is 12.1 Å². The Labute approximate surface area is 141 Å². The molecule has 4 N–H and O–H groups in total. The van der Waals surface area contributed by atoms with Crippen molar-refractivity contribution >= 4 is 34.0 Å². The van der Waals surface area contributed by atoms with Crippen LogP contribution in [0.3, 0.4) is 0 Å². The van der Waals surface area contributed by atoms with Crippen molar-refractivity contribution in [2.75, 3.05) is 5.32 Å². The normalized spacial score (nSPS) is 10.3. The van der Waals surface area contributed by atoms with Gasteiger partial charge in [0.15, 0.2) is 10.8 Å². The number of thiazole rings is 1. The molecule has 1 aromatic heterocycles. The number of anilines is 2. The SMILES string of the molecule is NC(=O)c1ccc(-c2ccc(Nc3nc(C(=O)O)cs3)cc2)cc1.